The van der Waals surface area contributed by atoms with Crippen molar-refractivity contribution in [1.29, 1.82) is 0 Å². The Kier molecular flexibility index (Phi) is 6.07. The molecule has 16 heavy (non-hydrogen) atoms. The standard InChI is InChI=1S/C11H18O5/c1-9(11(12)13)3-2-5-14-6-4-10-15-7-8-16-10/h3,10H,2,4-8H2,1H3,(H,12,13)/b9-3+. The monoisotopic (exact) mass is 230 g/mol. The van der Waals surface area contributed by atoms with Crippen LogP contribution in [0.3, 0.4) is 0 Å². The van der Waals surface area contributed by atoms with E-state index in [1.807, 2.05) is 0 Å². The highest BCUT2D eigenvalue weighted by Crippen LogP contribution is 2.07. The maximum atomic E-state index is 10.5. The molecule has 1 aliphatic rings. The van der Waals surface area contributed by atoms with Crippen LogP contribution in [-0.4, -0.2) is 43.8 Å². The van der Waals surface area contributed by atoms with Gasteiger partial charge in [-0.1, -0.05) is 6.08 Å². The van der Waals surface area contributed by atoms with Crippen LogP contribution in [0.15, 0.2) is 11.6 Å². The van der Waals surface area contributed by atoms with Crippen molar-refractivity contribution in [1.82, 2.24) is 0 Å². The van der Waals surface area contributed by atoms with E-state index in [1.54, 1.807) is 13.0 Å². The molecule has 1 aliphatic heterocycles. The summed E-state index contributed by atoms with van der Waals surface area (Å²) in [4.78, 5) is 10.5. The summed E-state index contributed by atoms with van der Waals surface area (Å²) in [5, 5.41) is 8.59. The van der Waals surface area contributed by atoms with Crippen molar-refractivity contribution in [2.45, 2.75) is 26.1 Å². The fourth-order valence-electron chi connectivity index (χ4n) is 1.30. The number of aliphatic carboxylic acids is 1. The summed E-state index contributed by atoms with van der Waals surface area (Å²) in [6.07, 6.45) is 2.87. The molecule has 1 fully saturated rings. The van der Waals surface area contributed by atoms with E-state index in [-0.39, 0.29) is 6.29 Å². The summed E-state index contributed by atoms with van der Waals surface area (Å²) in [6, 6.07) is 0. The third kappa shape index (κ3) is 5.25. The Morgan fingerprint density at radius 3 is 2.75 bits per heavy atom. The van der Waals surface area contributed by atoms with Gasteiger partial charge in [0, 0.05) is 12.0 Å². The van der Waals surface area contributed by atoms with Crippen LogP contribution in [0.1, 0.15) is 19.8 Å². The zero-order chi connectivity index (χ0) is 11.8. The van der Waals surface area contributed by atoms with Crippen LogP contribution in [-0.2, 0) is 19.0 Å². The first kappa shape index (κ1) is 13.2. The normalized spacial score (nSPS) is 17.9. The minimum Gasteiger partial charge on any atom is -0.478 e. The lowest BCUT2D eigenvalue weighted by Crippen LogP contribution is -2.11. The molecule has 0 aromatic heterocycles. The molecule has 0 radical (unpaired) electrons. The molecule has 0 aromatic rings. The third-order valence-corrected chi connectivity index (χ3v) is 2.24. The highest BCUT2D eigenvalue weighted by Gasteiger charge is 2.14. The molecular weight excluding hydrogens is 212 g/mol. The smallest absolute Gasteiger partial charge is 0.330 e. The molecule has 0 spiro atoms. The van der Waals surface area contributed by atoms with Gasteiger partial charge in [0.2, 0.25) is 0 Å². The molecule has 0 atom stereocenters. The number of carbonyl (C=O) groups is 1. The van der Waals surface area contributed by atoms with Gasteiger partial charge in [0.25, 0.3) is 0 Å². The van der Waals surface area contributed by atoms with Gasteiger partial charge in [-0.15, -0.1) is 0 Å². The number of carboxylic acid groups (broad SMARTS) is 1. The molecule has 1 rings (SSSR count). The first-order chi connectivity index (χ1) is 7.70. The van der Waals surface area contributed by atoms with Gasteiger partial charge >= 0.3 is 5.97 Å². The van der Waals surface area contributed by atoms with Crippen molar-refractivity contribution in [3.63, 3.8) is 0 Å². The van der Waals surface area contributed by atoms with Gasteiger partial charge in [0.05, 0.1) is 26.4 Å². The van der Waals surface area contributed by atoms with Gasteiger partial charge in [0.1, 0.15) is 0 Å². The molecule has 1 heterocycles. The van der Waals surface area contributed by atoms with E-state index in [9.17, 15) is 4.79 Å². The van der Waals surface area contributed by atoms with E-state index in [4.69, 9.17) is 19.3 Å². The van der Waals surface area contributed by atoms with Crippen LogP contribution in [0.25, 0.3) is 0 Å². The Morgan fingerprint density at radius 2 is 2.12 bits per heavy atom. The molecule has 92 valence electrons. The van der Waals surface area contributed by atoms with Gasteiger partial charge in [-0.25, -0.2) is 4.79 Å². The number of rotatable bonds is 7. The maximum absolute atomic E-state index is 10.5. The van der Waals surface area contributed by atoms with E-state index >= 15 is 0 Å². The van der Waals surface area contributed by atoms with Crippen LogP contribution in [0.2, 0.25) is 0 Å². The van der Waals surface area contributed by atoms with Gasteiger partial charge in [-0.05, 0) is 13.3 Å². The Bertz CT molecular complexity index is 243. The second-order valence-corrected chi connectivity index (χ2v) is 3.55. The SMILES string of the molecule is C/C(=C\CCOCCC1OCCO1)C(=O)O. The molecule has 0 saturated carbocycles. The fraction of sp³-hybridized carbons (Fsp3) is 0.727. The molecule has 0 unspecified atom stereocenters. The minimum atomic E-state index is -0.882. The van der Waals surface area contributed by atoms with Crippen LogP contribution in [0.4, 0.5) is 0 Å². The fourth-order valence-corrected chi connectivity index (χ4v) is 1.30. The molecule has 0 amide bonds. The van der Waals surface area contributed by atoms with E-state index in [1.165, 1.54) is 0 Å². The van der Waals surface area contributed by atoms with Gasteiger partial charge in [0.15, 0.2) is 6.29 Å². The lowest BCUT2D eigenvalue weighted by molar-refractivity contribution is -0.132. The van der Waals surface area contributed by atoms with Gasteiger partial charge in [-0.3, -0.25) is 0 Å². The molecule has 5 heteroatoms. The molecule has 0 aliphatic carbocycles. The summed E-state index contributed by atoms with van der Waals surface area (Å²) in [5.41, 5.74) is 0.353. The van der Waals surface area contributed by atoms with E-state index in [2.05, 4.69) is 0 Å². The number of hydrogen-bond donors (Lipinski definition) is 1. The second kappa shape index (κ2) is 7.38. The van der Waals surface area contributed by atoms with E-state index in [0.717, 1.165) is 6.42 Å². The van der Waals surface area contributed by atoms with Crippen molar-refractivity contribution in [3.8, 4) is 0 Å². The summed E-state index contributed by atoms with van der Waals surface area (Å²) < 4.78 is 15.8. The summed E-state index contributed by atoms with van der Waals surface area (Å²) in [5.74, 6) is -0.882. The Morgan fingerprint density at radius 1 is 1.44 bits per heavy atom. The topological polar surface area (TPSA) is 65.0 Å². The molecule has 5 nitrogen and oxygen atoms in total. The molecule has 0 aromatic carbocycles. The van der Waals surface area contributed by atoms with E-state index < -0.39 is 5.97 Å². The minimum absolute atomic E-state index is 0.128. The quantitative estimate of drug-likeness (QED) is 0.525. The molecule has 0 bridgehead atoms. The summed E-state index contributed by atoms with van der Waals surface area (Å²) in [6.45, 7) is 3.99. The lowest BCUT2D eigenvalue weighted by Gasteiger charge is -2.08. The highest BCUT2D eigenvalue weighted by atomic mass is 16.7. The molecule has 1 saturated heterocycles. The Balaban J connectivity index is 1.95. The maximum Gasteiger partial charge on any atom is 0.330 e. The van der Waals surface area contributed by atoms with Gasteiger partial charge in [-0.2, -0.15) is 0 Å². The first-order valence-electron chi connectivity index (χ1n) is 5.41. The first-order valence-corrected chi connectivity index (χ1v) is 5.41. The summed E-state index contributed by atoms with van der Waals surface area (Å²) in [7, 11) is 0. The second-order valence-electron chi connectivity index (χ2n) is 3.55. The van der Waals surface area contributed by atoms with Crippen molar-refractivity contribution in [2.75, 3.05) is 26.4 Å². The number of carboxylic acids is 1. The van der Waals surface area contributed by atoms with Crippen LogP contribution in [0, 0.1) is 0 Å². The lowest BCUT2D eigenvalue weighted by atomic mass is 10.2. The molecule has 1 N–H and O–H groups in total. The van der Waals surface area contributed by atoms with Crippen LogP contribution < -0.4 is 0 Å². The van der Waals surface area contributed by atoms with Crippen molar-refractivity contribution < 1.29 is 24.1 Å². The van der Waals surface area contributed by atoms with E-state index in [0.29, 0.717) is 38.4 Å². The third-order valence-electron chi connectivity index (χ3n) is 2.24. The Labute approximate surface area is 95.0 Å². The highest BCUT2D eigenvalue weighted by molar-refractivity contribution is 5.85. The van der Waals surface area contributed by atoms with Gasteiger partial charge < -0.3 is 19.3 Å². The predicted molar refractivity (Wildman–Crippen MR) is 57.1 cm³/mol. The van der Waals surface area contributed by atoms with Crippen molar-refractivity contribution >= 4 is 5.97 Å². The van der Waals surface area contributed by atoms with Crippen molar-refractivity contribution in [2.24, 2.45) is 0 Å². The zero-order valence-electron chi connectivity index (χ0n) is 9.48. The predicted octanol–water partition coefficient (Wildman–Crippen LogP) is 1.19. The van der Waals surface area contributed by atoms with Crippen molar-refractivity contribution in [3.05, 3.63) is 11.6 Å². The number of hydrogen-bond acceptors (Lipinski definition) is 4. The number of ether oxygens (including phenoxy) is 3. The zero-order valence-corrected chi connectivity index (χ0v) is 9.48. The Hall–Kier alpha value is -0.910. The van der Waals surface area contributed by atoms with Crippen LogP contribution >= 0.6 is 0 Å². The average molecular weight is 230 g/mol. The molecular formula is C11H18O5. The summed E-state index contributed by atoms with van der Waals surface area (Å²) >= 11 is 0. The average Bonchev–Trinajstić information content (AvgIpc) is 2.75. The largest absolute Gasteiger partial charge is 0.478 e. The van der Waals surface area contributed by atoms with Crippen LogP contribution in [0.5, 0.6) is 0 Å².